The van der Waals surface area contributed by atoms with Gasteiger partial charge in [0.15, 0.2) is 0 Å². The van der Waals surface area contributed by atoms with E-state index in [9.17, 15) is 0 Å². The first kappa shape index (κ1) is 13.1. The van der Waals surface area contributed by atoms with Crippen LogP contribution in [-0.4, -0.2) is 29.0 Å². The highest BCUT2D eigenvalue weighted by Gasteiger charge is 2.20. The van der Waals surface area contributed by atoms with E-state index in [0.29, 0.717) is 18.0 Å². The maximum atomic E-state index is 5.70. The van der Waals surface area contributed by atoms with Gasteiger partial charge < -0.3 is 14.5 Å². The molecular weight excluding hydrogens is 254 g/mol. The highest BCUT2D eigenvalue weighted by atomic mass is 16.5. The van der Waals surface area contributed by atoms with Crippen LogP contribution in [0.1, 0.15) is 26.2 Å². The number of ether oxygens (including phenoxy) is 1. The lowest BCUT2D eigenvalue weighted by atomic mass is 10.0. The first-order valence-corrected chi connectivity index (χ1v) is 7.10. The Morgan fingerprint density at radius 3 is 2.85 bits per heavy atom. The highest BCUT2D eigenvalue weighted by Crippen LogP contribution is 2.23. The summed E-state index contributed by atoms with van der Waals surface area (Å²) < 4.78 is 10.9. The molecule has 2 heterocycles. The first-order chi connectivity index (χ1) is 9.85. The summed E-state index contributed by atoms with van der Waals surface area (Å²) in [4.78, 5) is 0. The van der Waals surface area contributed by atoms with E-state index < -0.39 is 0 Å². The highest BCUT2D eigenvalue weighted by molar-refractivity contribution is 5.58. The Labute approximate surface area is 118 Å². The Kier molecular flexibility index (Phi) is 3.97. The molecule has 0 spiro atoms. The minimum absolute atomic E-state index is 0.388. The molecule has 2 atom stereocenters. The van der Waals surface area contributed by atoms with Crippen molar-refractivity contribution in [3.8, 4) is 11.5 Å². The fraction of sp³-hybridized carbons (Fsp3) is 0.467. The Hall–Kier alpha value is -1.88. The van der Waals surface area contributed by atoms with Crippen molar-refractivity contribution in [1.29, 1.82) is 0 Å². The second-order valence-corrected chi connectivity index (χ2v) is 5.09. The van der Waals surface area contributed by atoms with Gasteiger partial charge in [-0.2, -0.15) is 0 Å². The van der Waals surface area contributed by atoms with Crippen molar-refractivity contribution in [3.63, 3.8) is 0 Å². The smallest absolute Gasteiger partial charge is 0.247 e. The van der Waals surface area contributed by atoms with Gasteiger partial charge in [-0.3, -0.25) is 0 Å². The van der Waals surface area contributed by atoms with Crippen molar-refractivity contribution in [2.24, 2.45) is 0 Å². The van der Waals surface area contributed by atoms with Crippen LogP contribution < -0.4 is 5.32 Å². The van der Waals surface area contributed by atoms with Gasteiger partial charge in [-0.05, 0) is 43.5 Å². The van der Waals surface area contributed by atoms with Crippen LogP contribution in [0, 0.1) is 0 Å². The van der Waals surface area contributed by atoms with Gasteiger partial charge in [0, 0.05) is 23.9 Å². The molecule has 1 aliphatic rings. The standard InChI is InChI=1S/C15H19N3O2/c1-2-14-9-13(7-8-19-14)17-12-5-3-11(4-6-12)15-18-16-10-20-15/h3-6,10,13-14,17H,2,7-9H2,1H3. The molecule has 106 valence electrons. The van der Waals surface area contributed by atoms with Gasteiger partial charge in [0.2, 0.25) is 12.3 Å². The molecule has 0 aliphatic carbocycles. The Bertz CT molecular complexity index is 525. The number of anilines is 1. The molecule has 0 saturated carbocycles. The van der Waals surface area contributed by atoms with E-state index in [1.165, 1.54) is 6.39 Å². The Morgan fingerprint density at radius 2 is 2.15 bits per heavy atom. The van der Waals surface area contributed by atoms with E-state index in [4.69, 9.17) is 9.15 Å². The lowest BCUT2D eigenvalue weighted by Gasteiger charge is -2.30. The zero-order chi connectivity index (χ0) is 13.8. The maximum absolute atomic E-state index is 5.70. The number of nitrogens with one attached hydrogen (secondary N) is 1. The molecule has 0 amide bonds. The van der Waals surface area contributed by atoms with Crippen molar-refractivity contribution in [2.75, 3.05) is 11.9 Å². The van der Waals surface area contributed by atoms with Crippen LogP contribution in [0.3, 0.4) is 0 Å². The average molecular weight is 273 g/mol. The van der Waals surface area contributed by atoms with E-state index in [2.05, 4.69) is 34.6 Å². The van der Waals surface area contributed by atoms with Crippen molar-refractivity contribution >= 4 is 5.69 Å². The topological polar surface area (TPSA) is 60.2 Å². The summed E-state index contributed by atoms with van der Waals surface area (Å²) in [7, 11) is 0. The molecule has 1 saturated heterocycles. The fourth-order valence-electron chi connectivity index (χ4n) is 2.54. The number of rotatable bonds is 4. The van der Waals surface area contributed by atoms with Crippen molar-refractivity contribution in [3.05, 3.63) is 30.7 Å². The summed E-state index contributed by atoms with van der Waals surface area (Å²) in [6.07, 6.45) is 4.94. The SMILES string of the molecule is CCC1CC(Nc2ccc(-c3nnco3)cc2)CCO1. The third-order valence-corrected chi connectivity index (χ3v) is 3.69. The van der Waals surface area contributed by atoms with Crippen LogP contribution in [0.5, 0.6) is 0 Å². The molecule has 20 heavy (non-hydrogen) atoms. The molecule has 5 heteroatoms. The number of benzene rings is 1. The van der Waals surface area contributed by atoms with Gasteiger partial charge in [-0.25, -0.2) is 0 Å². The molecule has 1 aromatic heterocycles. The molecule has 0 bridgehead atoms. The summed E-state index contributed by atoms with van der Waals surface area (Å²) in [6, 6.07) is 8.58. The monoisotopic (exact) mass is 273 g/mol. The number of hydrogen-bond acceptors (Lipinski definition) is 5. The fourth-order valence-corrected chi connectivity index (χ4v) is 2.54. The van der Waals surface area contributed by atoms with Gasteiger partial charge in [-0.1, -0.05) is 6.92 Å². The van der Waals surface area contributed by atoms with Crippen molar-refractivity contribution in [2.45, 2.75) is 38.3 Å². The van der Waals surface area contributed by atoms with Crippen LogP contribution in [0.15, 0.2) is 35.1 Å². The summed E-state index contributed by atoms with van der Waals surface area (Å²) in [5.41, 5.74) is 2.06. The Balaban J connectivity index is 1.63. The molecular formula is C15H19N3O2. The second-order valence-electron chi connectivity index (χ2n) is 5.09. The van der Waals surface area contributed by atoms with E-state index >= 15 is 0 Å². The Morgan fingerprint density at radius 1 is 1.30 bits per heavy atom. The summed E-state index contributed by atoms with van der Waals surface area (Å²) in [5.74, 6) is 0.550. The molecule has 1 aliphatic heterocycles. The van der Waals surface area contributed by atoms with Crippen LogP contribution in [-0.2, 0) is 4.74 Å². The molecule has 2 unspecified atom stereocenters. The van der Waals surface area contributed by atoms with Crippen LogP contribution in [0.2, 0.25) is 0 Å². The number of nitrogens with zero attached hydrogens (tertiary/aromatic N) is 2. The molecule has 1 fully saturated rings. The molecule has 5 nitrogen and oxygen atoms in total. The van der Waals surface area contributed by atoms with Gasteiger partial charge >= 0.3 is 0 Å². The molecule has 2 aromatic rings. The summed E-state index contributed by atoms with van der Waals surface area (Å²) in [6.45, 7) is 3.02. The zero-order valence-electron chi connectivity index (χ0n) is 11.6. The quantitative estimate of drug-likeness (QED) is 0.927. The van der Waals surface area contributed by atoms with Crippen LogP contribution in [0.25, 0.3) is 11.5 Å². The third-order valence-electron chi connectivity index (χ3n) is 3.69. The molecule has 3 rings (SSSR count). The predicted molar refractivity (Wildman–Crippen MR) is 76.4 cm³/mol. The normalized spacial score (nSPS) is 22.6. The zero-order valence-corrected chi connectivity index (χ0v) is 11.6. The third kappa shape index (κ3) is 2.99. The first-order valence-electron chi connectivity index (χ1n) is 7.10. The summed E-state index contributed by atoms with van der Waals surface area (Å²) >= 11 is 0. The van der Waals surface area contributed by atoms with Gasteiger partial charge in [0.05, 0.1) is 6.10 Å². The van der Waals surface area contributed by atoms with Crippen LogP contribution in [0.4, 0.5) is 5.69 Å². The number of hydrogen-bond donors (Lipinski definition) is 1. The molecule has 1 N–H and O–H groups in total. The maximum Gasteiger partial charge on any atom is 0.247 e. The lowest BCUT2D eigenvalue weighted by Crippen LogP contribution is -2.33. The van der Waals surface area contributed by atoms with E-state index in [-0.39, 0.29) is 0 Å². The van der Waals surface area contributed by atoms with E-state index in [1.807, 2.05) is 12.1 Å². The average Bonchev–Trinajstić information content (AvgIpc) is 3.02. The molecule has 1 aromatic carbocycles. The van der Waals surface area contributed by atoms with E-state index in [0.717, 1.165) is 37.1 Å². The van der Waals surface area contributed by atoms with Gasteiger partial charge in [-0.15, -0.1) is 10.2 Å². The van der Waals surface area contributed by atoms with Gasteiger partial charge in [0.1, 0.15) is 0 Å². The number of aromatic nitrogens is 2. The minimum atomic E-state index is 0.388. The molecule has 0 radical (unpaired) electrons. The largest absolute Gasteiger partial charge is 0.423 e. The van der Waals surface area contributed by atoms with Crippen molar-refractivity contribution < 1.29 is 9.15 Å². The lowest BCUT2D eigenvalue weighted by molar-refractivity contribution is 0.00926. The van der Waals surface area contributed by atoms with E-state index in [1.54, 1.807) is 0 Å². The summed E-state index contributed by atoms with van der Waals surface area (Å²) in [5, 5.41) is 11.2. The van der Waals surface area contributed by atoms with Crippen molar-refractivity contribution in [1.82, 2.24) is 10.2 Å². The van der Waals surface area contributed by atoms with Gasteiger partial charge in [0.25, 0.3) is 0 Å². The minimum Gasteiger partial charge on any atom is -0.423 e. The van der Waals surface area contributed by atoms with Crippen LogP contribution >= 0.6 is 0 Å². The predicted octanol–water partition coefficient (Wildman–Crippen LogP) is 3.11. The second kappa shape index (κ2) is 6.05.